The summed E-state index contributed by atoms with van der Waals surface area (Å²) in [6.07, 6.45) is 5.21. The number of imidazole rings is 1. The highest BCUT2D eigenvalue weighted by atomic mass is 19.1. The normalized spacial score (nSPS) is 17.0. The third-order valence-electron chi connectivity index (χ3n) is 7.15. The van der Waals surface area contributed by atoms with E-state index in [9.17, 15) is 9.18 Å². The predicted molar refractivity (Wildman–Crippen MR) is 140 cm³/mol. The van der Waals surface area contributed by atoms with Crippen LogP contribution in [0.5, 0.6) is 0 Å². The molecule has 0 unspecified atom stereocenters. The smallest absolute Gasteiger partial charge is 0.254 e. The van der Waals surface area contributed by atoms with Crippen LogP contribution in [0, 0.1) is 5.82 Å². The molecular weight excluding hydrogens is 471 g/mol. The minimum Gasteiger partial charge on any atom is -0.381 e. The molecule has 0 radical (unpaired) electrons. The fraction of sp³-hybridized carbons (Fsp3) is 0.321. The van der Waals surface area contributed by atoms with Gasteiger partial charge < -0.3 is 20.3 Å². The Kier molecular flexibility index (Phi) is 6.10. The summed E-state index contributed by atoms with van der Waals surface area (Å²) in [6.45, 7) is 2.82. The number of nitrogens with one attached hydrogen (secondary N) is 2. The van der Waals surface area contributed by atoms with Gasteiger partial charge in [-0.1, -0.05) is 12.1 Å². The summed E-state index contributed by atoms with van der Waals surface area (Å²) in [5.41, 5.74) is 6.70. The highest BCUT2D eigenvalue weighted by molar-refractivity contribution is 6.06. The van der Waals surface area contributed by atoms with Gasteiger partial charge in [-0.05, 0) is 49.8 Å². The number of hydrogen-bond acceptors (Lipinski definition) is 6. The predicted octanol–water partition coefficient (Wildman–Crippen LogP) is 4.13. The zero-order valence-electron chi connectivity index (χ0n) is 20.9. The van der Waals surface area contributed by atoms with Crippen molar-refractivity contribution in [3.8, 4) is 11.3 Å². The van der Waals surface area contributed by atoms with Crippen LogP contribution in [0.15, 0.2) is 48.8 Å². The van der Waals surface area contributed by atoms with Crippen molar-refractivity contribution in [2.45, 2.75) is 25.3 Å². The van der Waals surface area contributed by atoms with Crippen molar-refractivity contribution < 1.29 is 13.9 Å². The molecule has 1 amide bonds. The molecule has 4 aromatic rings. The van der Waals surface area contributed by atoms with Gasteiger partial charge in [-0.25, -0.2) is 14.4 Å². The first-order chi connectivity index (χ1) is 18.0. The zero-order chi connectivity index (χ0) is 25.5. The van der Waals surface area contributed by atoms with E-state index < -0.39 is 0 Å². The van der Waals surface area contributed by atoms with Crippen molar-refractivity contribution in [2.75, 3.05) is 39.2 Å². The number of pyridine rings is 2. The van der Waals surface area contributed by atoms with Crippen LogP contribution in [-0.2, 0) is 17.7 Å². The molecule has 9 heteroatoms. The van der Waals surface area contributed by atoms with Crippen LogP contribution in [0.25, 0.3) is 16.9 Å². The molecule has 1 atom stereocenters. The number of aromatic nitrogens is 3. The van der Waals surface area contributed by atoms with E-state index in [4.69, 9.17) is 9.72 Å². The highest BCUT2D eigenvalue weighted by Crippen LogP contribution is 2.36. The first-order valence-electron chi connectivity index (χ1n) is 12.5. The average molecular weight is 501 g/mol. The molecule has 0 bridgehead atoms. The topological polar surface area (TPSA) is 83.8 Å². The van der Waals surface area contributed by atoms with Crippen molar-refractivity contribution in [3.63, 3.8) is 0 Å². The Morgan fingerprint density at radius 3 is 2.95 bits per heavy atom. The summed E-state index contributed by atoms with van der Waals surface area (Å²) in [7, 11) is 4.12. The van der Waals surface area contributed by atoms with Gasteiger partial charge in [0.2, 0.25) is 0 Å². The van der Waals surface area contributed by atoms with Gasteiger partial charge in [0.1, 0.15) is 17.3 Å². The second-order valence-electron chi connectivity index (χ2n) is 9.88. The maximum absolute atomic E-state index is 13.7. The van der Waals surface area contributed by atoms with Gasteiger partial charge in [0.25, 0.3) is 5.91 Å². The third kappa shape index (κ3) is 4.45. The number of carbonyl (C=O) groups is 1. The fourth-order valence-electron chi connectivity index (χ4n) is 5.25. The van der Waals surface area contributed by atoms with Gasteiger partial charge in [-0.15, -0.1) is 0 Å². The van der Waals surface area contributed by atoms with Gasteiger partial charge in [0.15, 0.2) is 0 Å². The van der Waals surface area contributed by atoms with E-state index in [-0.39, 0.29) is 11.7 Å². The number of ether oxygens (including phenoxy) is 1. The monoisotopic (exact) mass is 500 g/mol. The van der Waals surface area contributed by atoms with Crippen molar-refractivity contribution >= 4 is 23.1 Å². The number of amides is 1. The zero-order valence-corrected chi connectivity index (χ0v) is 20.9. The summed E-state index contributed by atoms with van der Waals surface area (Å²) in [5.74, 6) is 0.602. The highest BCUT2D eigenvalue weighted by Gasteiger charge is 2.28. The molecule has 1 fully saturated rings. The molecule has 0 spiro atoms. The molecular formula is C28H29FN6O2. The van der Waals surface area contributed by atoms with E-state index in [1.165, 1.54) is 17.7 Å². The van der Waals surface area contributed by atoms with Crippen LogP contribution in [0.2, 0.25) is 0 Å². The summed E-state index contributed by atoms with van der Waals surface area (Å²) < 4.78 is 21.1. The third-order valence-corrected chi connectivity index (χ3v) is 7.15. The number of benzene rings is 1. The second kappa shape index (κ2) is 9.57. The summed E-state index contributed by atoms with van der Waals surface area (Å²) in [5, 5.41) is 6.36. The Morgan fingerprint density at radius 1 is 1.24 bits per heavy atom. The van der Waals surface area contributed by atoms with Crippen molar-refractivity contribution in [1.29, 1.82) is 0 Å². The number of anilines is 2. The minimum absolute atomic E-state index is 0.133. The van der Waals surface area contributed by atoms with Crippen molar-refractivity contribution in [2.24, 2.45) is 0 Å². The summed E-state index contributed by atoms with van der Waals surface area (Å²) in [4.78, 5) is 24.4. The van der Waals surface area contributed by atoms with E-state index in [0.717, 1.165) is 55.1 Å². The number of carbonyl (C=O) groups excluding carboxylic acids is 1. The van der Waals surface area contributed by atoms with Crippen molar-refractivity contribution in [3.05, 3.63) is 77.0 Å². The minimum atomic E-state index is -0.338. The molecule has 2 aliphatic rings. The van der Waals surface area contributed by atoms with E-state index in [1.54, 1.807) is 12.4 Å². The standard InChI is InChI=1S/C28H29FN6O2/c1-34(2)10-8-22-19(17-9-12-37-16-17)4-6-25(32-22)33-23-5-3-20(21-14-31-28(36)27(21)23)24-15-30-26-13-18(29)7-11-35(24)26/h3-7,11,13,15,17H,8-10,12,14,16H2,1-2H3,(H,31,36)(H,32,33)/t17-/m1/s1. The largest absolute Gasteiger partial charge is 0.381 e. The molecule has 8 nitrogen and oxygen atoms in total. The van der Waals surface area contributed by atoms with Gasteiger partial charge in [-0.3, -0.25) is 9.20 Å². The Balaban J connectivity index is 1.36. The van der Waals surface area contributed by atoms with E-state index >= 15 is 0 Å². The van der Waals surface area contributed by atoms with E-state index in [0.29, 0.717) is 35.2 Å². The number of hydrogen-bond donors (Lipinski definition) is 2. The maximum Gasteiger partial charge on any atom is 0.254 e. The number of halogens is 1. The molecule has 2 aliphatic heterocycles. The second-order valence-corrected chi connectivity index (χ2v) is 9.88. The fourth-order valence-corrected chi connectivity index (χ4v) is 5.25. The molecule has 5 heterocycles. The van der Waals surface area contributed by atoms with Gasteiger partial charge >= 0.3 is 0 Å². The Bertz CT molecular complexity index is 1490. The van der Waals surface area contributed by atoms with E-state index in [1.807, 2.05) is 22.6 Å². The molecule has 190 valence electrons. The average Bonchev–Trinajstić information content (AvgIpc) is 3.64. The van der Waals surface area contributed by atoms with Crippen LogP contribution < -0.4 is 10.6 Å². The van der Waals surface area contributed by atoms with Crippen LogP contribution in [0.4, 0.5) is 15.9 Å². The van der Waals surface area contributed by atoms with Crippen LogP contribution in [0.3, 0.4) is 0 Å². The number of nitrogens with zero attached hydrogens (tertiary/aromatic N) is 4. The lowest BCUT2D eigenvalue weighted by molar-refractivity contribution is 0.0966. The quantitative estimate of drug-likeness (QED) is 0.397. The molecule has 0 aliphatic carbocycles. The van der Waals surface area contributed by atoms with Gasteiger partial charge in [0.05, 0.1) is 29.7 Å². The Hall–Kier alpha value is -3.82. The molecule has 2 N–H and O–H groups in total. The molecule has 0 saturated carbocycles. The SMILES string of the molecule is CN(C)CCc1nc(Nc2ccc(-c3cnc4cc(F)ccn34)c3c2C(=O)NC3)ccc1[C@@H]1CCOC1. The van der Waals surface area contributed by atoms with Crippen LogP contribution in [0.1, 0.15) is 39.5 Å². The first kappa shape index (κ1) is 23.6. The number of rotatable bonds is 7. The van der Waals surface area contributed by atoms with Crippen LogP contribution >= 0.6 is 0 Å². The number of likely N-dealkylation sites (N-methyl/N-ethyl adjacent to an activating group) is 1. The lowest BCUT2D eigenvalue weighted by Gasteiger charge is -2.18. The first-order valence-corrected chi connectivity index (χ1v) is 12.5. The Morgan fingerprint density at radius 2 is 2.14 bits per heavy atom. The molecule has 3 aromatic heterocycles. The van der Waals surface area contributed by atoms with Gasteiger partial charge in [0, 0.05) is 55.6 Å². The lowest BCUT2D eigenvalue weighted by Crippen LogP contribution is -2.18. The Labute approximate surface area is 214 Å². The van der Waals surface area contributed by atoms with E-state index in [2.05, 4.69) is 40.7 Å². The molecule has 37 heavy (non-hydrogen) atoms. The molecule has 1 saturated heterocycles. The summed E-state index contributed by atoms with van der Waals surface area (Å²) >= 11 is 0. The maximum atomic E-state index is 13.7. The van der Waals surface area contributed by atoms with Gasteiger partial charge in [-0.2, -0.15) is 0 Å². The van der Waals surface area contributed by atoms with Crippen molar-refractivity contribution in [1.82, 2.24) is 24.6 Å². The number of fused-ring (bicyclic) bond motifs is 2. The summed E-state index contributed by atoms with van der Waals surface area (Å²) in [6, 6.07) is 10.8. The molecule has 6 rings (SSSR count). The molecule has 1 aromatic carbocycles. The lowest BCUT2D eigenvalue weighted by atomic mass is 9.95. The van der Waals surface area contributed by atoms with Crippen LogP contribution in [-0.4, -0.2) is 59.0 Å².